The van der Waals surface area contributed by atoms with Crippen molar-refractivity contribution in [3.63, 3.8) is 0 Å². The minimum atomic E-state index is 0.0537. The zero-order valence-electron chi connectivity index (χ0n) is 17.8. The molecule has 3 aromatic rings. The van der Waals surface area contributed by atoms with Crippen molar-refractivity contribution in [1.29, 1.82) is 0 Å². The molecular weight excluding hydrogens is 422 g/mol. The molecule has 0 spiro atoms. The zero-order valence-corrected chi connectivity index (χ0v) is 18.6. The van der Waals surface area contributed by atoms with E-state index < -0.39 is 0 Å². The van der Waals surface area contributed by atoms with Gasteiger partial charge in [0.25, 0.3) is 0 Å². The lowest BCUT2D eigenvalue weighted by Gasteiger charge is -2.31. The van der Waals surface area contributed by atoms with Gasteiger partial charge in [0.15, 0.2) is 0 Å². The Morgan fingerprint density at radius 1 is 1.25 bits per heavy atom. The third-order valence-corrected chi connectivity index (χ3v) is 7.70. The third-order valence-electron chi connectivity index (χ3n) is 6.54. The van der Waals surface area contributed by atoms with Gasteiger partial charge in [-0.25, -0.2) is 9.97 Å². The molecule has 1 unspecified atom stereocenters. The molecule has 7 nitrogen and oxygen atoms in total. The highest BCUT2D eigenvalue weighted by atomic mass is 32.1. The Balaban J connectivity index is 1.28. The number of carbonyl (C=O) groups excluding carboxylic acids is 1. The second-order valence-electron chi connectivity index (χ2n) is 8.49. The maximum atomic E-state index is 13.0. The van der Waals surface area contributed by atoms with Gasteiger partial charge in [-0.3, -0.25) is 4.79 Å². The van der Waals surface area contributed by atoms with E-state index in [0.717, 1.165) is 53.2 Å². The number of benzene rings is 1. The van der Waals surface area contributed by atoms with Gasteiger partial charge < -0.3 is 20.3 Å². The number of nitrogens with one attached hydrogen (secondary N) is 2. The Bertz CT molecular complexity index is 1210. The van der Waals surface area contributed by atoms with Crippen molar-refractivity contribution in [3.8, 4) is 0 Å². The van der Waals surface area contributed by atoms with Crippen LogP contribution >= 0.6 is 11.3 Å². The average Bonchev–Trinajstić information content (AvgIpc) is 3.23. The number of carbonyl (C=O) groups is 1. The number of aromatic nitrogens is 2. The summed E-state index contributed by atoms with van der Waals surface area (Å²) in [5.41, 5.74) is 4.63. The standard InChI is InChI=1S/C24H25N5O2S/c30-24(29-8-10-31-11-9-29)16-3-5-18-20(13-16)32-23-21(18)22(26-14-27-23)28-17-4-6-19-15(12-17)2-1-7-25-19/h1-2,4,6,12,14,16,25H,3,5,7-11,13H2,(H,26,27,28). The van der Waals surface area contributed by atoms with E-state index in [9.17, 15) is 4.79 Å². The Morgan fingerprint density at radius 3 is 3.06 bits per heavy atom. The number of rotatable bonds is 3. The van der Waals surface area contributed by atoms with Crippen LogP contribution in [0.15, 0.2) is 30.6 Å². The molecule has 1 fully saturated rings. The van der Waals surface area contributed by atoms with E-state index in [0.29, 0.717) is 26.3 Å². The Labute approximate surface area is 190 Å². The summed E-state index contributed by atoms with van der Waals surface area (Å²) in [4.78, 5) is 26.4. The first-order valence-corrected chi connectivity index (χ1v) is 12.0. The van der Waals surface area contributed by atoms with Crippen LogP contribution in [0, 0.1) is 5.92 Å². The van der Waals surface area contributed by atoms with Gasteiger partial charge in [0.05, 0.1) is 18.6 Å². The Kier molecular flexibility index (Phi) is 5.04. The van der Waals surface area contributed by atoms with E-state index >= 15 is 0 Å². The molecule has 164 valence electrons. The van der Waals surface area contributed by atoms with Crippen LogP contribution in [0.1, 0.15) is 22.4 Å². The molecule has 1 aromatic carbocycles. The van der Waals surface area contributed by atoms with Crippen LogP contribution in [0.5, 0.6) is 0 Å². The van der Waals surface area contributed by atoms with Gasteiger partial charge in [0, 0.05) is 41.8 Å². The quantitative estimate of drug-likeness (QED) is 0.635. The first-order chi connectivity index (χ1) is 15.8. The fourth-order valence-electron chi connectivity index (χ4n) is 4.89. The van der Waals surface area contributed by atoms with Crippen molar-refractivity contribution in [2.45, 2.75) is 19.3 Å². The zero-order chi connectivity index (χ0) is 21.5. The van der Waals surface area contributed by atoms with E-state index in [2.05, 4.69) is 51.0 Å². The lowest BCUT2D eigenvalue weighted by Crippen LogP contribution is -2.44. The van der Waals surface area contributed by atoms with Gasteiger partial charge in [0.2, 0.25) is 5.91 Å². The van der Waals surface area contributed by atoms with Gasteiger partial charge in [0.1, 0.15) is 17.0 Å². The van der Waals surface area contributed by atoms with Crippen LogP contribution in [0.25, 0.3) is 16.3 Å². The van der Waals surface area contributed by atoms with Crippen molar-refractivity contribution in [2.24, 2.45) is 5.92 Å². The van der Waals surface area contributed by atoms with Crippen molar-refractivity contribution in [3.05, 3.63) is 46.6 Å². The summed E-state index contributed by atoms with van der Waals surface area (Å²) < 4.78 is 5.40. The second kappa shape index (κ2) is 8.18. The van der Waals surface area contributed by atoms with Crippen LogP contribution in [0.2, 0.25) is 0 Å². The summed E-state index contributed by atoms with van der Waals surface area (Å²) in [6.45, 7) is 3.57. The summed E-state index contributed by atoms with van der Waals surface area (Å²) in [6, 6.07) is 6.32. The molecule has 6 rings (SSSR count). The number of hydrogen-bond donors (Lipinski definition) is 2. The maximum absolute atomic E-state index is 13.0. The van der Waals surface area contributed by atoms with Crippen molar-refractivity contribution >= 4 is 50.7 Å². The summed E-state index contributed by atoms with van der Waals surface area (Å²) in [6.07, 6.45) is 8.45. The number of anilines is 3. The van der Waals surface area contributed by atoms with Gasteiger partial charge >= 0.3 is 0 Å². The van der Waals surface area contributed by atoms with Crippen LogP contribution in [-0.4, -0.2) is 53.6 Å². The maximum Gasteiger partial charge on any atom is 0.226 e. The topological polar surface area (TPSA) is 79.4 Å². The number of nitrogens with zero attached hydrogens (tertiary/aromatic N) is 3. The molecule has 2 aromatic heterocycles. The minimum Gasteiger partial charge on any atom is -0.381 e. The summed E-state index contributed by atoms with van der Waals surface area (Å²) >= 11 is 1.71. The van der Waals surface area contributed by atoms with Crippen molar-refractivity contribution < 1.29 is 9.53 Å². The van der Waals surface area contributed by atoms with Crippen LogP contribution < -0.4 is 10.6 Å². The highest BCUT2D eigenvalue weighted by molar-refractivity contribution is 7.19. The summed E-state index contributed by atoms with van der Waals surface area (Å²) in [7, 11) is 0. The third kappa shape index (κ3) is 3.53. The lowest BCUT2D eigenvalue weighted by atomic mass is 9.86. The van der Waals surface area contributed by atoms with Gasteiger partial charge in [-0.05, 0) is 48.6 Å². The smallest absolute Gasteiger partial charge is 0.226 e. The first-order valence-electron chi connectivity index (χ1n) is 11.2. The predicted molar refractivity (Wildman–Crippen MR) is 128 cm³/mol. The summed E-state index contributed by atoms with van der Waals surface area (Å²) in [5, 5.41) is 8.01. The van der Waals surface area contributed by atoms with E-state index in [4.69, 9.17) is 4.74 Å². The van der Waals surface area contributed by atoms with Crippen LogP contribution in [0.4, 0.5) is 17.2 Å². The van der Waals surface area contributed by atoms with Gasteiger partial charge in [-0.15, -0.1) is 11.3 Å². The molecular formula is C24H25N5O2S. The van der Waals surface area contributed by atoms with E-state index in [1.165, 1.54) is 16.0 Å². The average molecular weight is 448 g/mol. The molecule has 8 heteroatoms. The molecule has 2 aliphatic heterocycles. The number of amides is 1. The largest absolute Gasteiger partial charge is 0.381 e. The molecule has 1 atom stereocenters. The molecule has 32 heavy (non-hydrogen) atoms. The minimum absolute atomic E-state index is 0.0537. The van der Waals surface area contributed by atoms with Gasteiger partial charge in [-0.1, -0.05) is 12.2 Å². The Morgan fingerprint density at radius 2 is 2.16 bits per heavy atom. The molecule has 2 N–H and O–H groups in total. The van der Waals surface area contributed by atoms with Crippen LogP contribution in [-0.2, 0) is 22.4 Å². The molecule has 1 amide bonds. The predicted octanol–water partition coefficient (Wildman–Crippen LogP) is 3.84. The fourth-order valence-corrected chi connectivity index (χ4v) is 6.16. The molecule has 4 heterocycles. The highest BCUT2D eigenvalue weighted by Gasteiger charge is 2.32. The first kappa shape index (κ1) is 19.7. The van der Waals surface area contributed by atoms with E-state index in [-0.39, 0.29) is 11.8 Å². The van der Waals surface area contributed by atoms with Crippen molar-refractivity contribution in [1.82, 2.24) is 14.9 Å². The van der Waals surface area contributed by atoms with E-state index in [1.807, 2.05) is 4.90 Å². The highest BCUT2D eigenvalue weighted by Crippen LogP contribution is 2.41. The second-order valence-corrected chi connectivity index (χ2v) is 9.58. The number of thiophene rings is 1. The molecule has 3 aliphatic rings. The number of fused-ring (bicyclic) bond motifs is 4. The molecule has 1 aliphatic carbocycles. The monoisotopic (exact) mass is 447 g/mol. The molecule has 0 bridgehead atoms. The number of aryl methyl sites for hydroxylation is 1. The van der Waals surface area contributed by atoms with Crippen LogP contribution in [0.3, 0.4) is 0 Å². The number of morpholine rings is 1. The molecule has 0 saturated carbocycles. The lowest BCUT2D eigenvalue weighted by molar-refractivity contribution is -0.140. The van der Waals surface area contributed by atoms with Gasteiger partial charge in [-0.2, -0.15) is 0 Å². The normalized spacial score (nSPS) is 19.9. The SMILES string of the molecule is O=C(C1CCc2c(sc3ncnc(Nc4ccc5c(c4)C=CCN5)c23)C1)N1CCOCC1. The number of hydrogen-bond acceptors (Lipinski definition) is 7. The fraction of sp³-hybridized carbons (Fsp3) is 0.375. The van der Waals surface area contributed by atoms with Crippen molar-refractivity contribution in [2.75, 3.05) is 43.5 Å². The Hall–Kier alpha value is -2.97. The van der Waals surface area contributed by atoms with E-state index in [1.54, 1.807) is 17.7 Å². The number of ether oxygens (including phenoxy) is 1. The molecule has 0 radical (unpaired) electrons. The molecule has 1 saturated heterocycles. The summed E-state index contributed by atoms with van der Waals surface area (Å²) in [5.74, 6) is 1.17.